The third-order valence-corrected chi connectivity index (χ3v) is 4.42. The summed E-state index contributed by atoms with van der Waals surface area (Å²) < 4.78 is 13.4. The van der Waals surface area contributed by atoms with Gasteiger partial charge in [0.2, 0.25) is 0 Å². The number of rotatable bonds is 4. The highest BCUT2D eigenvalue weighted by molar-refractivity contribution is 5.27. The summed E-state index contributed by atoms with van der Waals surface area (Å²) in [4.78, 5) is 0. The first-order valence-corrected chi connectivity index (χ1v) is 7.69. The molecule has 1 N–H and O–H groups in total. The van der Waals surface area contributed by atoms with Crippen molar-refractivity contribution in [1.29, 1.82) is 0 Å². The van der Waals surface area contributed by atoms with E-state index in [0.29, 0.717) is 12.0 Å². The molecule has 0 radical (unpaired) electrons. The number of nitrogens with one attached hydrogen (secondary N) is 1. The summed E-state index contributed by atoms with van der Waals surface area (Å²) in [6.07, 6.45) is 7.56. The van der Waals surface area contributed by atoms with Gasteiger partial charge in [0, 0.05) is 6.04 Å². The molecule has 106 valence electrons. The molecule has 0 amide bonds. The van der Waals surface area contributed by atoms with E-state index < -0.39 is 0 Å². The number of halogens is 1. The first kappa shape index (κ1) is 14.5. The Labute approximate surface area is 116 Å². The Hall–Kier alpha value is -0.890. The van der Waals surface area contributed by atoms with Crippen molar-refractivity contribution in [3.63, 3.8) is 0 Å². The molecule has 0 saturated heterocycles. The molecule has 1 aliphatic carbocycles. The van der Waals surface area contributed by atoms with Crippen LogP contribution < -0.4 is 5.32 Å². The Morgan fingerprint density at radius 1 is 1.21 bits per heavy atom. The lowest BCUT2D eigenvalue weighted by Crippen LogP contribution is -2.36. The summed E-state index contributed by atoms with van der Waals surface area (Å²) in [6.45, 7) is 5.30. The van der Waals surface area contributed by atoms with Gasteiger partial charge in [-0.05, 0) is 61.9 Å². The molecule has 0 spiro atoms. The van der Waals surface area contributed by atoms with Crippen molar-refractivity contribution in [3.8, 4) is 0 Å². The average Bonchev–Trinajstić information content (AvgIpc) is 2.60. The summed E-state index contributed by atoms with van der Waals surface area (Å²) in [5.41, 5.74) is 2.41. The van der Waals surface area contributed by atoms with Gasteiger partial charge in [0.1, 0.15) is 5.82 Å². The molecule has 1 fully saturated rings. The van der Waals surface area contributed by atoms with Crippen LogP contribution >= 0.6 is 0 Å². The van der Waals surface area contributed by atoms with Gasteiger partial charge in [-0.25, -0.2) is 4.39 Å². The largest absolute Gasteiger partial charge is 0.314 e. The lowest BCUT2D eigenvalue weighted by molar-refractivity contribution is 0.337. The van der Waals surface area contributed by atoms with Crippen LogP contribution in [0.1, 0.15) is 50.2 Å². The lowest BCUT2D eigenvalue weighted by atomic mass is 9.87. The van der Waals surface area contributed by atoms with E-state index >= 15 is 0 Å². The topological polar surface area (TPSA) is 12.0 Å². The van der Waals surface area contributed by atoms with Crippen LogP contribution in [-0.2, 0) is 6.42 Å². The predicted octanol–water partition coefficient (Wildman–Crippen LogP) is 4.24. The third kappa shape index (κ3) is 4.04. The van der Waals surface area contributed by atoms with Crippen LogP contribution in [0, 0.1) is 18.7 Å². The van der Waals surface area contributed by atoms with Crippen LogP contribution in [0.25, 0.3) is 0 Å². The standard InChI is InChI=1S/C17H26FN/c1-3-19-17-8-6-4-5-7-14(17)11-15-12-16(18)10-9-13(15)2/h9-10,12,14,17,19H,3-8,11H2,1-2H3. The maximum atomic E-state index is 13.4. The molecule has 2 atom stereocenters. The second kappa shape index (κ2) is 7.04. The highest BCUT2D eigenvalue weighted by Gasteiger charge is 2.23. The molecule has 0 aliphatic heterocycles. The van der Waals surface area contributed by atoms with E-state index in [1.165, 1.54) is 43.2 Å². The summed E-state index contributed by atoms with van der Waals surface area (Å²) in [5.74, 6) is 0.553. The summed E-state index contributed by atoms with van der Waals surface area (Å²) in [7, 11) is 0. The van der Waals surface area contributed by atoms with Crippen LogP contribution in [0.15, 0.2) is 18.2 Å². The normalized spacial score (nSPS) is 24.2. The van der Waals surface area contributed by atoms with Crippen molar-refractivity contribution in [2.75, 3.05) is 6.54 Å². The fourth-order valence-corrected chi connectivity index (χ4v) is 3.30. The molecule has 2 heteroatoms. The van der Waals surface area contributed by atoms with Gasteiger partial charge < -0.3 is 5.32 Å². The number of aryl methyl sites for hydroxylation is 1. The summed E-state index contributed by atoms with van der Waals surface area (Å²) in [6, 6.07) is 5.80. The Kier molecular flexibility index (Phi) is 5.38. The molecule has 1 aromatic carbocycles. The smallest absolute Gasteiger partial charge is 0.123 e. The van der Waals surface area contributed by atoms with E-state index in [-0.39, 0.29) is 5.82 Å². The highest BCUT2D eigenvalue weighted by Crippen LogP contribution is 2.28. The van der Waals surface area contributed by atoms with Gasteiger partial charge in [0.15, 0.2) is 0 Å². The van der Waals surface area contributed by atoms with Crippen LogP contribution in [-0.4, -0.2) is 12.6 Å². The molecule has 1 aliphatic rings. The van der Waals surface area contributed by atoms with E-state index in [9.17, 15) is 4.39 Å². The molecule has 0 bridgehead atoms. The van der Waals surface area contributed by atoms with Gasteiger partial charge in [-0.15, -0.1) is 0 Å². The van der Waals surface area contributed by atoms with Gasteiger partial charge in [0.05, 0.1) is 0 Å². The summed E-state index contributed by atoms with van der Waals surface area (Å²) >= 11 is 0. The van der Waals surface area contributed by atoms with Crippen molar-refractivity contribution in [2.45, 2.75) is 58.4 Å². The predicted molar refractivity (Wildman–Crippen MR) is 78.9 cm³/mol. The van der Waals surface area contributed by atoms with Gasteiger partial charge in [-0.1, -0.05) is 32.3 Å². The van der Waals surface area contributed by atoms with Crippen LogP contribution in [0.2, 0.25) is 0 Å². The first-order chi connectivity index (χ1) is 9.20. The molecule has 1 nitrogen and oxygen atoms in total. The fourth-order valence-electron chi connectivity index (χ4n) is 3.30. The number of hydrogen-bond acceptors (Lipinski definition) is 1. The van der Waals surface area contributed by atoms with E-state index in [4.69, 9.17) is 0 Å². The van der Waals surface area contributed by atoms with Crippen LogP contribution in [0.3, 0.4) is 0 Å². The minimum Gasteiger partial charge on any atom is -0.314 e. The Morgan fingerprint density at radius 2 is 2.00 bits per heavy atom. The van der Waals surface area contributed by atoms with Gasteiger partial charge >= 0.3 is 0 Å². The highest BCUT2D eigenvalue weighted by atomic mass is 19.1. The first-order valence-electron chi connectivity index (χ1n) is 7.69. The Morgan fingerprint density at radius 3 is 2.79 bits per heavy atom. The second-order valence-electron chi connectivity index (χ2n) is 5.84. The van der Waals surface area contributed by atoms with Crippen LogP contribution in [0.4, 0.5) is 4.39 Å². The Balaban J connectivity index is 2.11. The number of benzene rings is 1. The number of hydrogen-bond donors (Lipinski definition) is 1. The zero-order valence-electron chi connectivity index (χ0n) is 12.2. The van der Waals surface area contributed by atoms with Crippen LogP contribution in [0.5, 0.6) is 0 Å². The zero-order valence-corrected chi connectivity index (χ0v) is 12.2. The van der Waals surface area contributed by atoms with Crippen molar-refractivity contribution in [2.24, 2.45) is 5.92 Å². The van der Waals surface area contributed by atoms with Crippen molar-refractivity contribution < 1.29 is 4.39 Å². The molecular weight excluding hydrogens is 237 g/mol. The van der Waals surface area contributed by atoms with Crippen molar-refractivity contribution in [1.82, 2.24) is 5.32 Å². The maximum absolute atomic E-state index is 13.4. The molecule has 2 unspecified atom stereocenters. The average molecular weight is 263 g/mol. The van der Waals surface area contributed by atoms with Crippen molar-refractivity contribution in [3.05, 3.63) is 35.1 Å². The van der Waals surface area contributed by atoms with E-state index in [1.54, 1.807) is 12.1 Å². The fraction of sp³-hybridized carbons (Fsp3) is 0.647. The quantitative estimate of drug-likeness (QED) is 0.801. The molecule has 0 aromatic heterocycles. The van der Waals surface area contributed by atoms with Gasteiger partial charge in [-0.3, -0.25) is 0 Å². The Bertz CT molecular complexity index is 402. The van der Waals surface area contributed by atoms with E-state index in [0.717, 1.165) is 13.0 Å². The van der Waals surface area contributed by atoms with Crippen molar-refractivity contribution >= 4 is 0 Å². The molecule has 1 aromatic rings. The second-order valence-corrected chi connectivity index (χ2v) is 5.84. The minimum atomic E-state index is -0.103. The zero-order chi connectivity index (χ0) is 13.7. The monoisotopic (exact) mass is 263 g/mol. The van der Waals surface area contributed by atoms with E-state index in [1.807, 2.05) is 6.07 Å². The third-order valence-electron chi connectivity index (χ3n) is 4.42. The minimum absolute atomic E-state index is 0.103. The summed E-state index contributed by atoms with van der Waals surface area (Å²) in [5, 5.41) is 3.64. The van der Waals surface area contributed by atoms with Gasteiger partial charge in [0.25, 0.3) is 0 Å². The molecular formula is C17H26FN. The van der Waals surface area contributed by atoms with Gasteiger partial charge in [-0.2, -0.15) is 0 Å². The maximum Gasteiger partial charge on any atom is 0.123 e. The molecule has 19 heavy (non-hydrogen) atoms. The molecule has 0 heterocycles. The molecule has 2 rings (SSSR count). The SMILES string of the molecule is CCNC1CCCCCC1Cc1cc(F)ccc1C. The molecule has 1 saturated carbocycles. The van der Waals surface area contributed by atoms with E-state index in [2.05, 4.69) is 19.2 Å². The lowest BCUT2D eigenvalue weighted by Gasteiger charge is -2.26.